The van der Waals surface area contributed by atoms with Crippen LogP contribution in [-0.4, -0.2) is 69.6 Å². The zero-order valence-corrected chi connectivity index (χ0v) is 31.9. The number of nitrogens with one attached hydrogen (secondary N) is 1. The summed E-state index contributed by atoms with van der Waals surface area (Å²) < 4.78 is 28.8. The number of fused-ring (bicyclic) bond motifs is 7. The largest absolute Gasteiger partial charge is 0.466 e. The highest BCUT2D eigenvalue weighted by atomic mass is 32.2. The van der Waals surface area contributed by atoms with Crippen molar-refractivity contribution in [1.82, 2.24) is 10.2 Å². The Morgan fingerprint density at radius 1 is 0.979 bits per heavy atom. The molecule has 0 radical (unpaired) electrons. The minimum absolute atomic E-state index is 0.0718. The molecule has 268 valence electrons. The van der Waals surface area contributed by atoms with Gasteiger partial charge < -0.3 is 15.0 Å². The van der Waals surface area contributed by atoms with Gasteiger partial charge in [-0.2, -0.15) is 0 Å². The van der Waals surface area contributed by atoms with Gasteiger partial charge in [-0.15, -0.1) is 0 Å². The van der Waals surface area contributed by atoms with Gasteiger partial charge in [0.25, 0.3) is 0 Å². The van der Waals surface area contributed by atoms with E-state index in [9.17, 15) is 13.2 Å². The molecule has 6 nitrogen and oxygen atoms in total. The van der Waals surface area contributed by atoms with E-state index in [0.717, 1.165) is 19.5 Å². The molecular formula is C41H64N2O4S. The normalized spacial score (nSPS) is 43.6. The van der Waals surface area contributed by atoms with Crippen LogP contribution in [0, 0.1) is 51.2 Å². The second-order valence-electron chi connectivity index (χ2n) is 18.1. The van der Waals surface area contributed by atoms with Crippen LogP contribution in [0.5, 0.6) is 0 Å². The van der Waals surface area contributed by atoms with Crippen molar-refractivity contribution < 1.29 is 17.9 Å². The number of allylic oxidation sites excluding steroid dienone is 6. The molecule has 0 spiro atoms. The maximum absolute atomic E-state index is 12.0. The fourth-order valence-corrected chi connectivity index (χ4v) is 14.4. The Labute approximate surface area is 292 Å². The van der Waals surface area contributed by atoms with Crippen molar-refractivity contribution in [2.45, 2.75) is 105 Å². The second kappa shape index (κ2) is 12.8. The van der Waals surface area contributed by atoms with Crippen LogP contribution in [0.15, 0.2) is 48.1 Å². The molecule has 5 fully saturated rings. The van der Waals surface area contributed by atoms with E-state index in [-0.39, 0.29) is 22.3 Å². The summed E-state index contributed by atoms with van der Waals surface area (Å²) in [4.78, 5) is 13.9. The number of rotatable bonds is 8. The van der Waals surface area contributed by atoms with Crippen LogP contribution in [0.3, 0.4) is 0 Å². The molecule has 0 aromatic rings. The summed E-state index contributed by atoms with van der Waals surface area (Å²) >= 11 is 0. The minimum atomic E-state index is -2.85. The molecule has 6 rings (SSSR count). The molecule has 1 aliphatic heterocycles. The molecule has 7 heteroatoms. The summed E-state index contributed by atoms with van der Waals surface area (Å²) in [6.07, 6.45) is 21.4. The molecule has 48 heavy (non-hydrogen) atoms. The maximum Gasteiger partial charge on any atom is 0.330 e. The molecule has 0 amide bonds. The summed E-state index contributed by atoms with van der Waals surface area (Å²) in [5, 5.41) is 4.21. The first-order valence-electron chi connectivity index (χ1n) is 19.0. The summed E-state index contributed by atoms with van der Waals surface area (Å²) in [6.45, 7) is 23.1. The van der Waals surface area contributed by atoms with Crippen LogP contribution in [-0.2, 0) is 19.4 Å². The molecule has 0 aromatic heterocycles. The second-order valence-corrected chi connectivity index (χ2v) is 20.4. The van der Waals surface area contributed by atoms with Gasteiger partial charge in [-0.1, -0.05) is 71.1 Å². The first-order valence-corrected chi connectivity index (χ1v) is 20.8. The highest BCUT2D eigenvalue weighted by Gasteiger charge is 2.70. The van der Waals surface area contributed by atoms with Gasteiger partial charge in [-0.25, -0.2) is 13.2 Å². The number of sulfone groups is 1. The summed E-state index contributed by atoms with van der Waals surface area (Å²) in [5.74, 6) is 3.50. The van der Waals surface area contributed by atoms with Crippen molar-refractivity contribution in [3.63, 3.8) is 0 Å². The lowest BCUT2D eigenvalue weighted by atomic mass is 9.33. The molecule has 6 aliphatic rings. The lowest BCUT2D eigenvalue weighted by Gasteiger charge is -2.72. The first-order chi connectivity index (χ1) is 22.5. The fraction of sp³-hybridized carbons (Fsp3) is 0.780. The Bertz CT molecular complexity index is 1460. The SMILES string of the molecule is C=C(C)[C@@H]1CC[C@]2(NCCN3CCS(=O)(=O)CC3)CC[C@]3(C)[C@H](CC[C@@H]4[C@@]5(C)CC=C(C=C/C=C/C(=O)OC)C(C)(C)[C@@H]5CC[C@]43C)[C@@H]12. The van der Waals surface area contributed by atoms with E-state index in [1.54, 1.807) is 6.08 Å². The maximum atomic E-state index is 12.0. The monoisotopic (exact) mass is 680 g/mol. The number of nitrogens with zero attached hydrogens (tertiary/aromatic N) is 1. The Balaban J connectivity index is 1.23. The van der Waals surface area contributed by atoms with Crippen LogP contribution in [0.2, 0.25) is 0 Å². The van der Waals surface area contributed by atoms with Crippen LogP contribution in [0.1, 0.15) is 99.3 Å². The average molecular weight is 681 g/mol. The molecule has 4 saturated carbocycles. The zero-order chi connectivity index (χ0) is 34.8. The van der Waals surface area contributed by atoms with E-state index in [1.165, 1.54) is 75.7 Å². The molecular weight excluding hydrogens is 617 g/mol. The number of ether oxygens (including phenoxy) is 1. The van der Waals surface area contributed by atoms with E-state index < -0.39 is 9.84 Å². The quantitative estimate of drug-likeness (QED) is 0.124. The Hall–Kier alpha value is -1.70. The third kappa shape index (κ3) is 5.84. The molecule has 0 bridgehead atoms. The number of carbonyl (C=O) groups excluding carboxylic acids is 1. The third-order valence-corrected chi connectivity index (χ3v) is 17.5. The molecule has 1 heterocycles. The fourth-order valence-electron chi connectivity index (χ4n) is 13.2. The smallest absolute Gasteiger partial charge is 0.330 e. The summed E-state index contributed by atoms with van der Waals surface area (Å²) in [5.41, 5.74) is 3.88. The molecule has 1 saturated heterocycles. The third-order valence-electron chi connectivity index (χ3n) is 15.9. The van der Waals surface area contributed by atoms with Gasteiger partial charge in [0.15, 0.2) is 9.84 Å². The van der Waals surface area contributed by atoms with Crippen molar-refractivity contribution in [2.75, 3.05) is 44.8 Å². The van der Waals surface area contributed by atoms with Gasteiger partial charge >= 0.3 is 5.97 Å². The number of methoxy groups -OCH3 is 1. The lowest BCUT2D eigenvalue weighted by molar-refractivity contribution is -0.221. The lowest BCUT2D eigenvalue weighted by Crippen LogP contribution is -2.68. The van der Waals surface area contributed by atoms with Crippen molar-refractivity contribution in [1.29, 1.82) is 0 Å². The van der Waals surface area contributed by atoms with Crippen LogP contribution < -0.4 is 5.32 Å². The van der Waals surface area contributed by atoms with Gasteiger partial charge in [0.2, 0.25) is 0 Å². The molecule has 9 atom stereocenters. The number of esters is 1. The van der Waals surface area contributed by atoms with Crippen molar-refractivity contribution in [3.05, 3.63) is 48.1 Å². The van der Waals surface area contributed by atoms with Gasteiger partial charge in [0.05, 0.1) is 18.6 Å². The van der Waals surface area contributed by atoms with Crippen LogP contribution in [0.25, 0.3) is 0 Å². The predicted octanol–water partition coefficient (Wildman–Crippen LogP) is 7.54. The average Bonchev–Trinajstić information content (AvgIpc) is 3.41. The Kier molecular flexibility index (Phi) is 9.64. The van der Waals surface area contributed by atoms with E-state index in [2.05, 4.69) is 70.5 Å². The van der Waals surface area contributed by atoms with Gasteiger partial charge in [0, 0.05) is 37.8 Å². The highest BCUT2D eigenvalue weighted by Crippen LogP contribution is 2.76. The van der Waals surface area contributed by atoms with E-state index in [1.807, 2.05) is 6.08 Å². The van der Waals surface area contributed by atoms with E-state index in [0.29, 0.717) is 65.0 Å². The molecule has 0 aromatic carbocycles. The van der Waals surface area contributed by atoms with Crippen LogP contribution >= 0.6 is 0 Å². The van der Waals surface area contributed by atoms with Crippen molar-refractivity contribution >= 4 is 15.8 Å². The Morgan fingerprint density at radius 3 is 2.40 bits per heavy atom. The predicted molar refractivity (Wildman–Crippen MR) is 196 cm³/mol. The molecule has 1 N–H and O–H groups in total. The van der Waals surface area contributed by atoms with Crippen LogP contribution in [0.4, 0.5) is 0 Å². The van der Waals surface area contributed by atoms with Gasteiger partial charge in [-0.3, -0.25) is 0 Å². The van der Waals surface area contributed by atoms with E-state index >= 15 is 0 Å². The highest BCUT2D eigenvalue weighted by molar-refractivity contribution is 7.91. The number of carbonyl (C=O) groups is 1. The number of hydrogen-bond donors (Lipinski definition) is 1. The summed E-state index contributed by atoms with van der Waals surface area (Å²) in [7, 11) is -1.44. The minimum Gasteiger partial charge on any atom is -0.466 e. The summed E-state index contributed by atoms with van der Waals surface area (Å²) in [6, 6.07) is 0. The van der Waals surface area contributed by atoms with E-state index in [4.69, 9.17) is 4.74 Å². The topological polar surface area (TPSA) is 75.7 Å². The van der Waals surface area contributed by atoms with Crippen molar-refractivity contribution in [3.8, 4) is 0 Å². The van der Waals surface area contributed by atoms with Gasteiger partial charge in [0.1, 0.15) is 0 Å². The van der Waals surface area contributed by atoms with Crippen molar-refractivity contribution in [2.24, 2.45) is 51.2 Å². The standard InChI is InChI=1S/C41H64N2O4S/c1-29(2)31-16-20-41(42-23-24-43-25-27-48(45,46)28-26-43)22-21-39(6)32(36(31)41)13-14-34-38(5)18-15-30(11-9-10-12-35(44)47-8)37(3,4)33(38)17-19-40(34,39)7/h9-12,15,31-34,36,42H,1,13-14,16-28H2,2-8H3/b11-9?,12-10+/t31-,32+,33-,34+,36+,38-,39+,40+,41-/m0/s1. The van der Waals surface area contributed by atoms with Gasteiger partial charge in [-0.05, 0) is 122 Å². The first kappa shape index (κ1) is 36.1. The zero-order valence-electron chi connectivity index (χ0n) is 31.1. The Morgan fingerprint density at radius 2 is 1.71 bits per heavy atom. The number of hydrogen-bond acceptors (Lipinski definition) is 6. The molecule has 5 aliphatic carbocycles. The molecule has 0 unspecified atom stereocenters.